The van der Waals surface area contributed by atoms with Gasteiger partial charge in [0, 0.05) is 32.3 Å². The van der Waals surface area contributed by atoms with Gasteiger partial charge in [0.25, 0.3) is 0 Å². The van der Waals surface area contributed by atoms with Crippen molar-refractivity contribution in [2.24, 2.45) is 0 Å². The van der Waals surface area contributed by atoms with Gasteiger partial charge in [-0.2, -0.15) is 0 Å². The van der Waals surface area contributed by atoms with E-state index in [1.807, 2.05) is 17.0 Å². The fourth-order valence-corrected chi connectivity index (χ4v) is 4.00. The van der Waals surface area contributed by atoms with E-state index >= 15 is 0 Å². The first-order valence-electron chi connectivity index (χ1n) is 10.4. The summed E-state index contributed by atoms with van der Waals surface area (Å²) in [7, 11) is 0. The van der Waals surface area contributed by atoms with Crippen LogP contribution in [0.4, 0.5) is 0 Å². The maximum Gasteiger partial charge on any atom is 0.246 e. The summed E-state index contributed by atoms with van der Waals surface area (Å²) < 4.78 is 0. The van der Waals surface area contributed by atoms with E-state index in [4.69, 9.17) is 0 Å². The smallest absolute Gasteiger partial charge is 0.246 e. The van der Waals surface area contributed by atoms with Gasteiger partial charge in [-0.15, -0.1) is 0 Å². The number of hydrogen-bond donors (Lipinski definition) is 2. The molecule has 31 heavy (non-hydrogen) atoms. The predicted octanol–water partition coefficient (Wildman–Crippen LogP) is 4.04. The number of carbonyl (C=O) groups excluding carboxylic acids is 1. The summed E-state index contributed by atoms with van der Waals surface area (Å²) in [5.41, 5.74) is 3.16. The standard InChI is InChI=1S/C26H26N2O3/c29-23-13-11-20(19-24(23)30)12-14-25(31)27-15-17-28(18-16-27)26(21-7-3-1-4-8-21)22-9-5-2-6-10-22/h1-14,19,26,29-30H,15-18H2. The largest absolute Gasteiger partial charge is 0.504 e. The zero-order valence-corrected chi connectivity index (χ0v) is 17.3. The van der Waals surface area contributed by atoms with Crippen LogP contribution in [0.5, 0.6) is 11.5 Å². The van der Waals surface area contributed by atoms with Crippen molar-refractivity contribution >= 4 is 12.0 Å². The van der Waals surface area contributed by atoms with Gasteiger partial charge in [0.05, 0.1) is 6.04 Å². The zero-order chi connectivity index (χ0) is 21.6. The number of hydrogen-bond acceptors (Lipinski definition) is 4. The van der Waals surface area contributed by atoms with E-state index in [1.54, 1.807) is 12.1 Å². The summed E-state index contributed by atoms with van der Waals surface area (Å²) in [6, 6.07) is 25.6. The van der Waals surface area contributed by atoms with Gasteiger partial charge in [0.2, 0.25) is 5.91 Å². The van der Waals surface area contributed by atoms with Crippen molar-refractivity contribution in [3.05, 3.63) is 102 Å². The molecule has 3 aromatic rings. The molecule has 0 aliphatic carbocycles. The summed E-state index contributed by atoms with van der Waals surface area (Å²) >= 11 is 0. The van der Waals surface area contributed by atoms with E-state index in [9.17, 15) is 15.0 Å². The lowest BCUT2D eigenvalue weighted by atomic mass is 9.96. The fourth-order valence-electron chi connectivity index (χ4n) is 4.00. The number of carbonyl (C=O) groups is 1. The zero-order valence-electron chi connectivity index (χ0n) is 17.3. The van der Waals surface area contributed by atoms with Crippen LogP contribution in [0.25, 0.3) is 6.08 Å². The van der Waals surface area contributed by atoms with Gasteiger partial charge >= 0.3 is 0 Å². The summed E-state index contributed by atoms with van der Waals surface area (Å²) in [6.07, 6.45) is 3.18. The first kappa shape index (κ1) is 20.7. The Bertz CT molecular complexity index is 1000. The topological polar surface area (TPSA) is 64.0 Å². The molecule has 0 unspecified atom stereocenters. The molecule has 158 valence electrons. The molecule has 1 amide bonds. The van der Waals surface area contributed by atoms with Crippen LogP contribution in [-0.2, 0) is 4.79 Å². The van der Waals surface area contributed by atoms with Crippen LogP contribution in [0.3, 0.4) is 0 Å². The summed E-state index contributed by atoms with van der Waals surface area (Å²) in [5, 5.41) is 19.0. The highest BCUT2D eigenvalue weighted by Crippen LogP contribution is 2.29. The lowest BCUT2D eigenvalue weighted by Crippen LogP contribution is -2.49. The highest BCUT2D eigenvalue weighted by atomic mass is 16.3. The van der Waals surface area contributed by atoms with Crippen molar-refractivity contribution in [2.45, 2.75) is 6.04 Å². The van der Waals surface area contributed by atoms with E-state index in [0.29, 0.717) is 18.7 Å². The van der Waals surface area contributed by atoms with Crippen molar-refractivity contribution in [3.63, 3.8) is 0 Å². The van der Waals surface area contributed by atoms with Crippen molar-refractivity contribution in [1.29, 1.82) is 0 Å². The van der Waals surface area contributed by atoms with Crippen LogP contribution in [0.15, 0.2) is 84.9 Å². The van der Waals surface area contributed by atoms with E-state index in [1.165, 1.54) is 29.3 Å². The highest BCUT2D eigenvalue weighted by molar-refractivity contribution is 5.92. The molecule has 0 saturated carbocycles. The summed E-state index contributed by atoms with van der Waals surface area (Å²) in [6.45, 7) is 2.88. The van der Waals surface area contributed by atoms with Gasteiger partial charge in [0.1, 0.15) is 0 Å². The minimum Gasteiger partial charge on any atom is -0.504 e. The third kappa shape index (κ3) is 4.95. The second-order valence-corrected chi connectivity index (χ2v) is 7.67. The minimum atomic E-state index is -0.198. The predicted molar refractivity (Wildman–Crippen MR) is 122 cm³/mol. The van der Waals surface area contributed by atoms with Gasteiger partial charge in [-0.25, -0.2) is 0 Å². The molecule has 5 heteroatoms. The summed E-state index contributed by atoms with van der Waals surface area (Å²) in [4.78, 5) is 16.9. The first-order valence-corrected chi connectivity index (χ1v) is 10.4. The Morgan fingerprint density at radius 3 is 1.90 bits per heavy atom. The Kier molecular flexibility index (Phi) is 6.34. The van der Waals surface area contributed by atoms with Crippen molar-refractivity contribution in [2.75, 3.05) is 26.2 Å². The summed E-state index contributed by atoms with van der Waals surface area (Å²) in [5.74, 6) is -0.426. The van der Waals surface area contributed by atoms with Crippen LogP contribution in [-0.4, -0.2) is 52.1 Å². The lowest BCUT2D eigenvalue weighted by molar-refractivity contribution is -0.127. The third-order valence-corrected chi connectivity index (χ3v) is 5.64. The SMILES string of the molecule is O=C(C=Cc1ccc(O)c(O)c1)N1CCN(C(c2ccccc2)c2ccccc2)CC1. The van der Waals surface area contributed by atoms with E-state index in [-0.39, 0.29) is 23.4 Å². The Labute approximate surface area is 182 Å². The van der Waals surface area contributed by atoms with Gasteiger partial charge in [0.15, 0.2) is 11.5 Å². The average molecular weight is 415 g/mol. The number of phenolic OH excluding ortho intramolecular Hbond substituents is 2. The maximum atomic E-state index is 12.6. The van der Waals surface area contributed by atoms with Gasteiger partial charge in [-0.3, -0.25) is 9.69 Å². The molecule has 3 aromatic carbocycles. The number of aromatic hydroxyl groups is 2. The second kappa shape index (κ2) is 9.49. The monoisotopic (exact) mass is 414 g/mol. The average Bonchev–Trinajstić information content (AvgIpc) is 2.82. The molecule has 1 aliphatic heterocycles. The van der Waals surface area contributed by atoms with Crippen LogP contribution >= 0.6 is 0 Å². The Morgan fingerprint density at radius 2 is 1.35 bits per heavy atom. The first-order chi connectivity index (χ1) is 15.1. The molecule has 0 radical (unpaired) electrons. The van der Waals surface area contributed by atoms with E-state index < -0.39 is 0 Å². The van der Waals surface area contributed by atoms with Crippen LogP contribution in [0, 0.1) is 0 Å². The minimum absolute atomic E-state index is 0.0526. The molecule has 1 fully saturated rings. The quantitative estimate of drug-likeness (QED) is 0.489. The number of nitrogens with zero attached hydrogens (tertiary/aromatic N) is 2. The van der Waals surface area contributed by atoms with Crippen molar-refractivity contribution in [1.82, 2.24) is 9.80 Å². The van der Waals surface area contributed by atoms with Crippen LogP contribution < -0.4 is 0 Å². The van der Waals surface area contributed by atoms with Crippen molar-refractivity contribution < 1.29 is 15.0 Å². The molecule has 1 saturated heterocycles. The van der Waals surface area contributed by atoms with Gasteiger partial charge < -0.3 is 15.1 Å². The molecule has 5 nitrogen and oxygen atoms in total. The van der Waals surface area contributed by atoms with Gasteiger partial charge in [-0.1, -0.05) is 66.7 Å². The number of phenols is 2. The number of piperazine rings is 1. The molecule has 4 rings (SSSR count). The normalized spacial score (nSPS) is 14.9. The van der Waals surface area contributed by atoms with Crippen LogP contribution in [0.1, 0.15) is 22.7 Å². The molecule has 0 bridgehead atoms. The van der Waals surface area contributed by atoms with E-state index in [2.05, 4.69) is 53.4 Å². The molecular formula is C26H26N2O3. The van der Waals surface area contributed by atoms with Crippen LogP contribution in [0.2, 0.25) is 0 Å². The third-order valence-electron chi connectivity index (χ3n) is 5.64. The molecular weight excluding hydrogens is 388 g/mol. The Morgan fingerprint density at radius 1 is 0.774 bits per heavy atom. The number of rotatable bonds is 5. The lowest BCUT2D eigenvalue weighted by Gasteiger charge is -2.39. The number of benzene rings is 3. The highest BCUT2D eigenvalue weighted by Gasteiger charge is 2.27. The molecule has 1 aliphatic rings. The van der Waals surface area contributed by atoms with Crippen molar-refractivity contribution in [3.8, 4) is 11.5 Å². The number of amides is 1. The second-order valence-electron chi connectivity index (χ2n) is 7.67. The fraction of sp³-hybridized carbons (Fsp3) is 0.192. The van der Waals surface area contributed by atoms with Gasteiger partial charge in [-0.05, 0) is 34.9 Å². The Hall–Kier alpha value is -3.57. The Balaban J connectivity index is 1.43. The molecule has 0 atom stereocenters. The molecule has 1 heterocycles. The molecule has 0 aromatic heterocycles. The maximum absolute atomic E-state index is 12.6. The molecule has 2 N–H and O–H groups in total. The van der Waals surface area contributed by atoms with E-state index in [0.717, 1.165) is 13.1 Å². The molecule has 0 spiro atoms.